The van der Waals surface area contributed by atoms with Gasteiger partial charge < -0.3 is 5.32 Å². The first kappa shape index (κ1) is 22.7. The molecule has 0 unspecified atom stereocenters. The van der Waals surface area contributed by atoms with E-state index >= 15 is 0 Å². The lowest BCUT2D eigenvalue weighted by Gasteiger charge is -2.19. The minimum absolute atomic E-state index is 0.127. The molecule has 0 heterocycles. The number of rotatable bonds is 9. The third kappa shape index (κ3) is 6.51. The Morgan fingerprint density at radius 2 is 1.26 bits per heavy atom. The average molecular weight is 437 g/mol. The maximum Gasteiger partial charge on any atom is 0.232 e. The fourth-order valence-corrected chi connectivity index (χ4v) is 5.04. The standard InChI is InChI=1S/C25H28N2O3S/c1-19(2)27-31(29,30)18-23-16-10-9-15-22(23)17-26-25(28)24(20-11-5-3-6-12-20)21-13-7-4-8-14-21/h3-16,19,24,27H,17-18H2,1-2H3,(H,26,28). The Morgan fingerprint density at radius 3 is 1.77 bits per heavy atom. The molecule has 0 saturated carbocycles. The molecule has 0 aliphatic rings. The molecular weight excluding hydrogens is 408 g/mol. The van der Waals surface area contributed by atoms with Crippen molar-refractivity contribution in [1.82, 2.24) is 10.0 Å². The van der Waals surface area contributed by atoms with Crippen LogP contribution in [0.2, 0.25) is 0 Å². The SMILES string of the molecule is CC(C)NS(=O)(=O)Cc1ccccc1CNC(=O)C(c1ccccc1)c1ccccc1. The molecule has 0 atom stereocenters. The van der Waals surface area contributed by atoms with Crippen molar-refractivity contribution < 1.29 is 13.2 Å². The molecule has 0 bridgehead atoms. The molecule has 162 valence electrons. The number of hydrogen-bond acceptors (Lipinski definition) is 3. The Kier molecular flexibility index (Phi) is 7.60. The van der Waals surface area contributed by atoms with Crippen LogP contribution in [0.5, 0.6) is 0 Å². The molecule has 0 saturated heterocycles. The molecule has 6 heteroatoms. The minimum Gasteiger partial charge on any atom is -0.351 e. The van der Waals surface area contributed by atoms with Gasteiger partial charge in [-0.2, -0.15) is 0 Å². The first-order valence-corrected chi connectivity index (χ1v) is 12.0. The van der Waals surface area contributed by atoms with E-state index in [9.17, 15) is 13.2 Å². The van der Waals surface area contributed by atoms with E-state index in [4.69, 9.17) is 0 Å². The summed E-state index contributed by atoms with van der Waals surface area (Å²) in [4.78, 5) is 13.2. The second kappa shape index (κ2) is 10.4. The molecule has 3 rings (SSSR count). The van der Waals surface area contributed by atoms with Crippen LogP contribution >= 0.6 is 0 Å². The van der Waals surface area contributed by atoms with Crippen molar-refractivity contribution in [2.24, 2.45) is 0 Å². The Hall–Kier alpha value is -2.96. The monoisotopic (exact) mass is 436 g/mol. The zero-order valence-corrected chi connectivity index (χ0v) is 18.6. The van der Waals surface area contributed by atoms with Crippen molar-refractivity contribution in [1.29, 1.82) is 0 Å². The van der Waals surface area contributed by atoms with E-state index in [1.165, 1.54) is 0 Å². The van der Waals surface area contributed by atoms with Crippen molar-refractivity contribution in [3.05, 3.63) is 107 Å². The van der Waals surface area contributed by atoms with Gasteiger partial charge in [0.25, 0.3) is 0 Å². The zero-order valence-electron chi connectivity index (χ0n) is 17.8. The van der Waals surface area contributed by atoms with E-state index in [0.717, 1.165) is 16.7 Å². The summed E-state index contributed by atoms with van der Waals surface area (Å²) in [6.07, 6.45) is 0. The summed E-state index contributed by atoms with van der Waals surface area (Å²) in [5.41, 5.74) is 3.27. The van der Waals surface area contributed by atoms with E-state index in [-0.39, 0.29) is 24.2 Å². The first-order valence-electron chi connectivity index (χ1n) is 10.3. The van der Waals surface area contributed by atoms with Crippen molar-refractivity contribution in [3.8, 4) is 0 Å². The fourth-order valence-electron chi connectivity index (χ4n) is 3.55. The topological polar surface area (TPSA) is 75.3 Å². The Morgan fingerprint density at radius 1 is 0.774 bits per heavy atom. The van der Waals surface area contributed by atoms with Gasteiger partial charge in [0.1, 0.15) is 0 Å². The van der Waals surface area contributed by atoms with Crippen molar-refractivity contribution in [2.45, 2.75) is 38.1 Å². The van der Waals surface area contributed by atoms with Gasteiger partial charge in [0, 0.05) is 12.6 Å². The molecule has 2 N–H and O–H groups in total. The molecule has 1 amide bonds. The molecule has 3 aromatic carbocycles. The summed E-state index contributed by atoms with van der Waals surface area (Å²) in [5, 5.41) is 3.01. The Labute approximate surface area is 184 Å². The predicted molar refractivity (Wildman–Crippen MR) is 124 cm³/mol. The minimum atomic E-state index is -3.46. The maximum atomic E-state index is 13.2. The number of carbonyl (C=O) groups excluding carboxylic acids is 1. The van der Waals surface area contributed by atoms with Gasteiger partial charge >= 0.3 is 0 Å². The highest BCUT2D eigenvalue weighted by Crippen LogP contribution is 2.25. The number of amides is 1. The van der Waals surface area contributed by atoms with Crippen LogP contribution in [-0.2, 0) is 27.1 Å². The van der Waals surface area contributed by atoms with Crippen LogP contribution in [0.15, 0.2) is 84.9 Å². The van der Waals surface area contributed by atoms with Gasteiger partial charge in [-0.25, -0.2) is 13.1 Å². The van der Waals surface area contributed by atoms with E-state index in [0.29, 0.717) is 5.56 Å². The Bertz CT molecular complexity index is 1060. The lowest BCUT2D eigenvalue weighted by atomic mass is 9.90. The number of sulfonamides is 1. The van der Waals surface area contributed by atoms with E-state index in [2.05, 4.69) is 10.0 Å². The van der Waals surface area contributed by atoms with Crippen molar-refractivity contribution in [2.75, 3.05) is 0 Å². The smallest absolute Gasteiger partial charge is 0.232 e. The molecule has 0 aliphatic carbocycles. The van der Waals surface area contributed by atoms with Crippen LogP contribution in [-0.4, -0.2) is 20.4 Å². The third-order valence-corrected chi connectivity index (χ3v) is 6.38. The summed E-state index contributed by atoms with van der Waals surface area (Å²) >= 11 is 0. The second-order valence-electron chi connectivity index (χ2n) is 7.77. The highest BCUT2D eigenvalue weighted by Gasteiger charge is 2.23. The quantitative estimate of drug-likeness (QED) is 0.533. The largest absolute Gasteiger partial charge is 0.351 e. The number of carbonyl (C=O) groups is 1. The first-order chi connectivity index (χ1) is 14.9. The van der Waals surface area contributed by atoms with Gasteiger partial charge in [-0.05, 0) is 36.1 Å². The average Bonchev–Trinajstić information content (AvgIpc) is 2.73. The number of nitrogens with one attached hydrogen (secondary N) is 2. The van der Waals surface area contributed by atoms with Crippen LogP contribution in [0.25, 0.3) is 0 Å². The van der Waals surface area contributed by atoms with Crippen molar-refractivity contribution >= 4 is 15.9 Å². The number of benzene rings is 3. The summed E-state index contributed by atoms with van der Waals surface area (Å²) in [5.74, 6) is -0.700. The van der Waals surface area contributed by atoms with Crippen LogP contribution in [0.3, 0.4) is 0 Å². The van der Waals surface area contributed by atoms with Gasteiger partial charge in [0.05, 0.1) is 11.7 Å². The van der Waals surface area contributed by atoms with Gasteiger partial charge in [-0.15, -0.1) is 0 Å². The molecular formula is C25H28N2O3S. The van der Waals surface area contributed by atoms with E-state index < -0.39 is 15.9 Å². The molecule has 5 nitrogen and oxygen atoms in total. The summed E-state index contributed by atoms with van der Waals surface area (Å²) < 4.78 is 27.4. The zero-order chi connectivity index (χ0) is 22.3. The summed E-state index contributed by atoms with van der Waals surface area (Å²) in [6.45, 7) is 3.83. The molecule has 0 radical (unpaired) electrons. The fraction of sp³-hybridized carbons (Fsp3) is 0.240. The van der Waals surface area contributed by atoms with Gasteiger partial charge in [-0.3, -0.25) is 4.79 Å². The Balaban J connectivity index is 1.79. The normalized spacial score (nSPS) is 11.6. The van der Waals surface area contributed by atoms with Crippen LogP contribution in [0, 0.1) is 0 Å². The lowest BCUT2D eigenvalue weighted by molar-refractivity contribution is -0.121. The van der Waals surface area contributed by atoms with Crippen molar-refractivity contribution in [3.63, 3.8) is 0 Å². The molecule has 0 fully saturated rings. The molecule has 0 spiro atoms. The molecule has 3 aromatic rings. The summed E-state index contributed by atoms with van der Waals surface area (Å²) in [7, 11) is -3.46. The molecule has 0 aromatic heterocycles. The van der Waals surface area contributed by atoms with Crippen LogP contribution in [0.1, 0.15) is 42.0 Å². The molecule has 31 heavy (non-hydrogen) atoms. The highest BCUT2D eigenvalue weighted by molar-refractivity contribution is 7.88. The lowest BCUT2D eigenvalue weighted by Crippen LogP contribution is -2.32. The number of hydrogen-bond donors (Lipinski definition) is 2. The van der Waals surface area contributed by atoms with E-state index in [1.54, 1.807) is 19.9 Å². The van der Waals surface area contributed by atoms with Gasteiger partial charge in [-0.1, -0.05) is 84.9 Å². The van der Waals surface area contributed by atoms with Gasteiger partial charge in [0.2, 0.25) is 15.9 Å². The second-order valence-corrected chi connectivity index (χ2v) is 9.53. The molecule has 0 aliphatic heterocycles. The van der Waals surface area contributed by atoms with E-state index in [1.807, 2.05) is 78.9 Å². The van der Waals surface area contributed by atoms with Crippen LogP contribution in [0.4, 0.5) is 0 Å². The van der Waals surface area contributed by atoms with Gasteiger partial charge in [0.15, 0.2) is 0 Å². The maximum absolute atomic E-state index is 13.2. The predicted octanol–water partition coefficient (Wildman–Crippen LogP) is 3.96. The highest BCUT2D eigenvalue weighted by atomic mass is 32.2. The summed E-state index contributed by atoms with van der Waals surface area (Å²) in [6, 6.07) is 26.4. The van der Waals surface area contributed by atoms with Crippen LogP contribution < -0.4 is 10.0 Å². The third-order valence-electron chi connectivity index (χ3n) is 4.86.